The van der Waals surface area contributed by atoms with Gasteiger partial charge in [-0.15, -0.1) is 0 Å². The van der Waals surface area contributed by atoms with E-state index in [-0.39, 0.29) is 11.3 Å². The van der Waals surface area contributed by atoms with Crippen molar-refractivity contribution in [3.05, 3.63) is 71.3 Å². The van der Waals surface area contributed by atoms with Gasteiger partial charge >= 0.3 is 6.61 Å². The van der Waals surface area contributed by atoms with E-state index in [9.17, 15) is 13.6 Å². The monoisotopic (exact) mass is 461 g/mol. The minimum absolute atomic E-state index is 0.0289. The number of aromatic nitrogens is 5. The second kappa shape index (κ2) is 7.79. The fraction of sp³-hybridized carbons (Fsp3) is 0.240. The van der Waals surface area contributed by atoms with Crippen molar-refractivity contribution >= 4 is 21.9 Å². The summed E-state index contributed by atoms with van der Waals surface area (Å²) >= 11 is 0. The van der Waals surface area contributed by atoms with E-state index in [0.29, 0.717) is 22.9 Å². The Bertz CT molecular complexity index is 1580. The first-order valence-corrected chi connectivity index (χ1v) is 11.1. The summed E-state index contributed by atoms with van der Waals surface area (Å²) in [5.41, 5.74) is 2.97. The van der Waals surface area contributed by atoms with E-state index in [1.54, 1.807) is 21.4 Å². The highest BCUT2D eigenvalue weighted by atomic mass is 19.3. The van der Waals surface area contributed by atoms with Gasteiger partial charge in [-0.2, -0.15) is 19.0 Å². The molecule has 5 aromatic rings. The molecule has 7 nitrogen and oxygen atoms in total. The molecule has 3 heterocycles. The Morgan fingerprint density at radius 3 is 2.50 bits per heavy atom. The van der Waals surface area contributed by atoms with Crippen molar-refractivity contribution in [2.45, 2.75) is 31.9 Å². The molecule has 0 aliphatic heterocycles. The molecule has 0 radical (unpaired) electrons. The van der Waals surface area contributed by atoms with Crippen LogP contribution < -0.4 is 10.3 Å². The molecule has 0 saturated heterocycles. The number of pyridine rings is 1. The highest BCUT2D eigenvalue weighted by molar-refractivity contribution is 5.87. The maximum absolute atomic E-state index is 13.8. The second-order valence-electron chi connectivity index (χ2n) is 8.62. The summed E-state index contributed by atoms with van der Waals surface area (Å²) in [5, 5.41) is 10.9. The number of alkyl halides is 2. The second-order valence-corrected chi connectivity index (χ2v) is 8.62. The van der Waals surface area contributed by atoms with Crippen LogP contribution in [0.4, 0.5) is 8.78 Å². The Balaban J connectivity index is 1.55. The summed E-state index contributed by atoms with van der Waals surface area (Å²) in [6.45, 7) is -2.91. The molecule has 1 aliphatic rings. The molecule has 0 amide bonds. The fourth-order valence-corrected chi connectivity index (χ4v) is 4.48. The molecule has 0 atom stereocenters. The SMILES string of the molecule is Cn1cc2cc(-c3cc4cn(C5CCC5)nc4n(-c4ccc(OC(F)F)cc4)c3=O)ccc2n1. The maximum Gasteiger partial charge on any atom is 0.387 e. The molecule has 3 aromatic heterocycles. The first-order valence-electron chi connectivity index (χ1n) is 11.1. The van der Waals surface area contributed by atoms with E-state index in [0.717, 1.165) is 41.1 Å². The first kappa shape index (κ1) is 20.6. The molecular formula is C25H21F2N5O2. The smallest absolute Gasteiger partial charge is 0.387 e. The zero-order valence-corrected chi connectivity index (χ0v) is 18.4. The molecule has 0 unspecified atom stereocenters. The minimum Gasteiger partial charge on any atom is -0.435 e. The van der Waals surface area contributed by atoms with Crippen LogP contribution in [0.25, 0.3) is 38.8 Å². The van der Waals surface area contributed by atoms with Crippen molar-refractivity contribution in [3.8, 4) is 22.6 Å². The van der Waals surface area contributed by atoms with Crippen molar-refractivity contribution < 1.29 is 13.5 Å². The van der Waals surface area contributed by atoms with E-state index in [2.05, 4.69) is 9.84 Å². The van der Waals surface area contributed by atoms with Gasteiger partial charge in [0.25, 0.3) is 5.56 Å². The highest BCUT2D eigenvalue weighted by Gasteiger charge is 2.23. The lowest BCUT2D eigenvalue weighted by molar-refractivity contribution is -0.0498. The average Bonchev–Trinajstić information content (AvgIpc) is 3.34. The van der Waals surface area contributed by atoms with Gasteiger partial charge in [-0.1, -0.05) is 6.07 Å². The first-order chi connectivity index (χ1) is 16.5. The largest absolute Gasteiger partial charge is 0.435 e. The summed E-state index contributed by atoms with van der Waals surface area (Å²) in [6, 6.07) is 14.0. The van der Waals surface area contributed by atoms with Gasteiger partial charge in [-0.3, -0.25) is 18.7 Å². The minimum atomic E-state index is -2.91. The van der Waals surface area contributed by atoms with Crippen LogP contribution in [-0.2, 0) is 7.05 Å². The number of fused-ring (bicyclic) bond motifs is 2. The number of hydrogen-bond acceptors (Lipinski definition) is 4. The third kappa shape index (κ3) is 3.44. The number of ether oxygens (including phenoxy) is 1. The number of rotatable bonds is 5. The molecule has 34 heavy (non-hydrogen) atoms. The quantitative estimate of drug-likeness (QED) is 0.367. The molecule has 6 rings (SSSR count). The van der Waals surface area contributed by atoms with E-state index in [4.69, 9.17) is 5.10 Å². The van der Waals surface area contributed by atoms with Gasteiger partial charge in [0.2, 0.25) is 0 Å². The Labute approximate surface area is 192 Å². The van der Waals surface area contributed by atoms with Crippen molar-refractivity contribution in [1.82, 2.24) is 24.1 Å². The molecule has 9 heteroatoms. The van der Waals surface area contributed by atoms with Crippen LogP contribution in [0.5, 0.6) is 5.75 Å². The molecule has 0 N–H and O–H groups in total. The van der Waals surface area contributed by atoms with Gasteiger partial charge < -0.3 is 4.74 Å². The van der Waals surface area contributed by atoms with E-state index < -0.39 is 6.61 Å². The van der Waals surface area contributed by atoms with Crippen molar-refractivity contribution in [1.29, 1.82) is 0 Å². The zero-order chi connectivity index (χ0) is 23.4. The topological polar surface area (TPSA) is 66.9 Å². The van der Waals surface area contributed by atoms with Crippen LogP contribution in [0.2, 0.25) is 0 Å². The zero-order valence-electron chi connectivity index (χ0n) is 18.4. The van der Waals surface area contributed by atoms with Gasteiger partial charge in [0.15, 0.2) is 5.65 Å². The average molecular weight is 461 g/mol. The molecule has 1 aliphatic carbocycles. The lowest BCUT2D eigenvalue weighted by atomic mass is 9.93. The predicted octanol–water partition coefficient (Wildman–Crippen LogP) is 5.07. The van der Waals surface area contributed by atoms with Crippen LogP contribution in [0.1, 0.15) is 25.3 Å². The predicted molar refractivity (Wildman–Crippen MR) is 125 cm³/mol. The molecule has 1 fully saturated rings. The Hall–Kier alpha value is -4.01. The number of halogens is 2. The molecule has 1 saturated carbocycles. The van der Waals surface area contributed by atoms with Crippen molar-refractivity contribution in [3.63, 3.8) is 0 Å². The lowest BCUT2D eigenvalue weighted by Crippen LogP contribution is -2.21. The third-order valence-corrected chi connectivity index (χ3v) is 6.38. The van der Waals surface area contributed by atoms with E-state index in [1.807, 2.05) is 48.4 Å². The van der Waals surface area contributed by atoms with Crippen LogP contribution in [-0.4, -0.2) is 30.7 Å². The number of hydrogen-bond donors (Lipinski definition) is 0. The van der Waals surface area contributed by atoms with Crippen molar-refractivity contribution in [2.75, 3.05) is 0 Å². The summed E-state index contributed by atoms with van der Waals surface area (Å²) in [5.74, 6) is 0.0289. The van der Waals surface area contributed by atoms with Crippen molar-refractivity contribution in [2.24, 2.45) is 7.05 Å². The highest BCUT2D eigenvalue weighted by Crippen LogP contribution is 2.33. The van der Waals surface area contributed by atoms with E-state index in [1.165, 1.54) is 12.1 Å². The standard InChI is InChI=1S/C25H21F2N5O2/c1-30-13-16-11-15(5-10-22(16)28-30)21-12-17-14-31(18-3-2-4-18)29-23(17)32(24(21)33)19-6-8-20(9-7-19)34-25(26)27/h5-14,18,25H,2-4H2,1H3. The van der Waals surface area contributed by atoms with Gasteiger partial charge in [0.1, 0.15) is 5.75 Å². The number of aryl methyl sites for hydroxylation is 1. The van der Waals surface area contributed by atoms with Gasteiger partial charge in [-0.25, -0.2) is 0 Å². The maximum atomic E-state index is 13.8. The molecule has 172 valence electrons. The van der Waals surface area contributed by atoms with Crippen LogP contribution in [0.3, 0.4) is 0 Å². The van der Waals surface area contributed by atoms with Crippen LogP contribution in [0.15, 0.2) is 65.7 Å². The van der Waals surface area contributed by atoms with Crippen LogP contribution in [0, 0.1) is 0 Å². The molecule has 0 spiro atoms. The summed E-state index contributed by atoms with van der Waals surface area (Å²) < 4.78 is 34.9. The normalized spacial score (nSPS) is 14.2. The summed E-state index contributed by atoms with van der Waals surface area (Å²) in [7, 11) is 1.86. The molecule has 2 aromatic carbocycles. The van der Waals surface area contributed by atoms with Gasteiger partial charge in [0.05, 0.1) is 17.2 Å². The van der Waals surface area contributed by atoms with Gasteiger partial charge in [0, 0.05) is 35.8 Å². The molecular weight excluding hydrogens is 440 g/mol. The number of nitrogens with zero attached hydrogens (tertiary/aromatic N) is 5. The third-order valence-electron chi connectivity index (χ3n) is 6.38. The summed E-state index contributed by atoms with van der Waals surface area (Å²) in [6.07, 6.45) is 7.17. The Kier molecular flexibility index (Phi) is 4.72. The van der Waals surface area contributed by atoms with Gasteiger partial charge in [-0.05, 0) is 67.3 Å². The van der Waals surface area contributed by atoms with Crippen LogP contribution >= 0.6 is 0 Å². The molecule has 0 bridgehead atoms. The van der Waals surface area contributed by atoms with E-state index >= 15 is 0 Å². The summed E-state index contributed by atoms with van der Waals surface area (Å²) in [4.78, 5) is 13.8. The Morgan fingerprint density at radius 2 is 1.79 bits per heavy atom. The lowest BCUT2D eigenvalue weighted by Gasteiger charge is -2.25. The Morgan fingerprint density at radius 1 is 1.00 bits per heavy atom. The fourth-order valence-electron chi connectivity index (χ4n) is 4.48. The number of benzene rings is 2.